The van der Waals surface area contributed by atoms with Gasteiger partial charge in [0, 0.05) is 44.0 Å². The van der Waals surface area contributed by atoms with Crippen LogP contribution in [0, 0.1) is 5.82 Å². The van der Waals surface area contributed by atoms with Crippen LogP contribution >= 0.6 is 0 Å². The molecule has 0 atom stereocenters. The lowest BCUT2D eigenvalue weighted by Crippen LogP contribution is -2.43. The molecule has 6 nitrogen and oxygen atoms in total. The molecule has 1 N–H and O–H groups in total. The van der Waals surface area contributed by atoms with Gasteiger partial charge in [-0.25, -0.2) is 9.18 Å². The van der Waals surface area contributed by atoms with E-state index in [4.69, 9.17) is 9.47 Å². The highest BCUT2D eigenvalue weighted by molar-refractivity contribution is 5.89. The zero-order valence-corrected chi connectivity index (χ0v) is 17.0. The molecule has 2 aromatic carbocycles. The first-order valence-corrected chi connectivity index (χ1v) is 10.3. The van der Waals surface area contributed by atoms with Crippen molar-refractivity contribution in [2.45, 2.75) is 25.6 Å². The van der Waals surface area contributed by atoms with Crippen LogP contribution in [-0.4, -0.2) is 35.1 Å². The van der Waals surface area contributed by atoms with Crippen molar-refractivity contribution < 1.29 is 18.7 Å². The van der Waals surface area contributed by atoms with E-state index in [1.165, 1.54) is 12.1 Å². The van der Waals surface area contributed by atoms with Crippen molar-refractivity contribution in [3.8, 4) is 11.5 Å². The molecule has 1 aliphatic heterocycles. The largest absolute Gasteiger partial charge is 0.490 e. The molecule has 2 amide bonds. The molecule has 0 saturated carbocycles. The molecule has 1 saturated heterocycles. The van der Waals surface area contributed by atoms with Gasteiger partial charge in [-0.15, -0.1) is 0 Å². The number of hydrogen-bond acceptors (Lipinski definition) is 4. The van der Waals surface area contributed by atoms with Gasteiger partial charge in [0.15, 0.2) is 0 Å². The van der Waals surface area contributed by atoms with E-state index in [9.17, 15) is 9.18 Å². The number of benzene rings is 2. The molecule has 3 aromatic rings. The first-order valence-electron chi connectivity index (χ1n) is 10.3. The summed E-state index contributed by atoms with van der Waals surface area (Å²) in [6.07, 6.45) is 4.88. The van der Waals surface area contributed by atoms with E-state index < -0.39 is 0 Å². The number of halogens is 1. The lowest BCUT2D eigenvalue weighted by Gasteiger charge is -2.32. The molecule has 0 aliphatic carbocycles. The Bertz CT molecular complexity index is 990. The summed E-state index contributed by atoms with van der Waals surface area (Å²) < 4.78 is 25.0. The topological polar surface area (TPSA) is 63.7 Å². The Balaban J connectivity index is 1.22. The number of carbonyl (C=O) groups excluding carboxylic acids is 1. The molecule has 160 valence electrons. The average Bonchev–Trinajstić information content (AvgIpc) is 2.80. The molecule has 0 radical (unpaired) electrons. The van der Waals surface area contributed by atoms with Crippen LogP contribution < -0.4 is 14.8 Å². The van der Waals surface area contributed by atoms with Gasteiger partial charge in [-0.3, -0.25) is 4.98 Å². The second-order valence-corrected chi connectivity index (χ2v) is 7.36. The molecule has 1 fully saturated rings. The number of hydrogen-bond donors (Lipinski definition) is 1. The average molecular weight is 421 g/mol. The van der Waals surface area contributed by atoms with E-state index in [0.717, 1.165) is 29.8 Å². The predicted molar refractivity (Wildman–Crippen MR) is 116 cm³/mol. The number of amides is 2. The Kier molecular flexibility index (Phi) is 6.62. The van der Waals surface area contributed by atoms with Crippen LogP contribution in [0.1, 0.15) is 18.4 Å². The molecule has 2 heterocycles. The molecule has 0 unspecified atom stereocenters. The number of pyridine rings is 1. The molecular weight excluding hydrogens is 397 g/mol. The van der Waals surface area contributed by atoms with Gasteiger partial charge in [-0.1, -0.05) is 12.1 Å². The Labute approximate surface area is 180 Å². The van der Waals surface area contributed by atoms with Crippen LogP contribution in [0.15, 0.2) is 73.1 Å². The summed E-state index contributed by atoms with van der Waals surface area (Å²) in [5.41, 5.74) is 1.51. The van der Waals surface area contributed by atoms with Crippen LogP contribution in [0.25, 0.3) is 0 Å². The maximum Gasteiger partial charge on any atom is 0.321 e. The van der Waals surface area contributed by atoms with Crippen molar-refractivity contribution in [2.75, 3.05) is 18.4 Å². The maximum atomic E-state index is 13.2. The summed E-state index contributed by atoms with van der Waals surface area (Å²) in [4.78, 5) is 18.1. The summed E-state index contributed by atoms with van der Waals surface area (Å²) >= 11 is 0. The van der Waals surface area contributed by atoms with Crippen molar-refractivity contribution in [3.05, 3.63) is 84.4 Å². The van der Waals surface area contributed by atoms with Crippen LogP contribution in [0.2, 0.25) is 0 Å². The zero-order chi connectivity index (χ0) is 21.5. The molecule has 1 aliphatic rings. The predicted octanol–water partition coefficient (Wildman–Crippen LogP) is 4.88. The zero-order valence-electron chi connectivity index (χ0n) is 17.0. The highest BCUT2D eigenvalue weighted by atomic mass is 19.1. The molecule has 0 spiro atoms. The van der Waals surface area contributed by atoms with Gasteiger partial charge in [0.2, 0.25) is 0 Å². The summed E-state index contributed by atoms with van der Waals surface area (Å²) in [5, 5.41) is 2.88. The summed E-state index contributed by atoms with van der Waals surface area (Å²) in [7, 11) is 0. The second-order valence-electron chi connectivity index (χ2n) is 7.36. The van der Waals surface area contributed by atoms with Crippen LogP contribution in [0.5, 0.6) is 11.5 Å². The van der Waals surface area contributed by atoms with Gasteiger partial charge in [-0.05, 0) is 54.1 Å². The van der Waals surface area contributed by atoms with Gasteiger partial charge in [0.05, 0.1) is 0 Å². The van der Waals surface area contributed by atoms with Gasteiger partial charge >= 0.3 is 6.03 Å². The Morgan fingerprint density at radius 1 is 1.03 bits per heavy atom. The fourth-order valence-electron chi connectivity index (χ4n) is 3.41. The molecule has 4 rings (SSSR count). The number of aromatic nitrogens is 1. The minimum absolute atomic E-state index is 0.0593. The molecule has 0 bridgehead atoms. The third-order valence-electron chi connectivity index (χ3n) is 5.08. The molecule has 7 heteroatoms. The Morgan fingerprint density at radius 2 is 1.74 bits per heavy atom. The van der Waals surface area contributed by atoms with Crippen molar-refractivity contribution in [3.63, 3.8) is 0 Å². The minimum Gasteiger partial charge on any atom is -0.490 e. The van der Waals surface area contributed by atoms with Gasteiger partial charge in [-0.2, -0.15) is 0 Å². The standard InChI is InChI=1S/C24H24FN3O3/c25-19-3-1-2-18(16-19)17-30-21-4-6-22(7-5-21)31-23-10-14-28(15-11-23)24(29)27-20-8-12-26-13-9-20/h1-9,12-13,16,23H,10-11,14-15,17H2,(H,26,27,29). The van der Waals surface area contributed by atoms with Crippen molar-refractivity contribution >= 4 is 11.7 Å². The third-order valence-corrected chi connectivity index (χ3v) is 5.08. The number of rotatable bonds is 6. The third kappa shape index (κ3) is 5.94. The number of piperidine rings is 1. The summed E-state index contributed by atoms with van der Waals surface area (Å²) in [6, 6.07) is 17.2. The first-order chi connectivity index (χ1) is 15.2. The number of ether oxygens (including phenoxy) is 2. The van der Waals surface area contributed by atoms with Crippen molar-refractivity contribution in [1.82, 2.24) is 9.88 Å². The first kappa shape index (κ1) is 20.7. The summed E-state index contributed by atoms with van der Waals surface area (Å²) in [6.45, 7) is 1.57. The SMILES string of the molecule is O=C(Nc1ccncc1)N1CCC(Oc2ccc(OCc3cccc(F)c3)cc2)CC1. The number of urea groups is 1. The lowest BCUT2D eigenvalue weighted by atomic mass is 10.1. The van der Waals surface area contributed by atoms with E-state index in [1.54, 1.807) is 35.5 Å². The second kappa shape index (κ2) is 9.93. The minimum atomic E-state index is -0.272. The van der Waals surface area contributed by atoms with Gasteiger partial charge < -0.3 is 19.7 Å². The smallest absolute Gasteiger partial charge is 0.321 e. The van der Waals surface area contributed by atoms with E-state index in [2.05, 4.69) is 10.3 Å². The van der Waals surface area contributed by atoms with E-state index >= 15 is 0 Å². The van der Waals surface area contributed by atoms with Gasteiger partial charge in [0.1, 0.15) is 30.0 Å². The monoisotopic (exact) mass is 421 g/mol. The molecule has 1 aromatic heterocycles. The van der Waals surface area contributed by atoms with Crippen molar-refractivity contribution in [2.24, 2.45) is 0 Å². The number of anilines is 1. The number of nitrogens with zero attached hydrogens (tertiary/aromatic N) is 2. The van der Waals surface area contributed by atoms with E-state index in [1.807, 2.05) is 30.3 Å². The number of carbonyl (C=O) groups is 1. The Hall–Kier alpha value is -3.61. The van der Waals surface area contributed by atoms with E-state index in [0.29, 0.717) is 25.4 Å². The fourth-order valence-corrected chi connectivity index (χ4v) is 3.41. The summed E-state index contributed by atoms with van der Waals surface area (Å²) in [5.74, 6) is 1.18. The van der Waals surface area contributed by atoms with Crippen LogP contribution in [0.4, 0.5) is 14.9 Å². The Morgan fingerprint density at radius 3 is 2.45 bits per heavy atom. The van der Waals surface area contributed by atoms with Gasteiger partial charge in [0.25, 0.3) is 0 Å². The molecule has 31 heavy (non-hydrogen) atoms. The molecular formula is C24H24FN3O3. The normalized spacial score (nSPS) is 14.2. The fraction of sp³-hybridized carbons (Fsp3) is 0.250. The van der Waals surface area contributed by atoms with Crippen LogP contribution in [-0.2, 0) is 6.61 Å². The highest BCUT2D eigenvalue weighted by Gasteiger charge is 2.24. The van der Waals surface area contributed by atoms with E-state index in [-0.39, 0.29) is 18.0 Å². The highest BCUT2D eigenvalue weighted by Crippen LogP contribution is 2.23. The lowest BCUT2D eigenvalue weighted by molar-refractivity contribution is 0.115. The number of likely N-dealkylation sites (tertiary alicyclic amines) is 1. The quantitative estimate of drug-likeness (QED) is 0.617. The van der Waals surface area contributed by atoms with Crippen molar-refractivity contribution in [1.29, 1.82) is 0 Å². The number of nitrogens with one attached hydrogen (secondary N) is 1. The maximum absolute atomic E-state index is 13.2. The van der Waals surface area contributed by atoms with Crippen LogP contribution in [0.3, 0.4) is 0 Å².